The summed E-state index contributed by atoms with van der Waals surface area (Å²) < 4.78 is 1.96. The molecule has 4 rings (SSSR count). The van der Waals surface area contributed by atoms with Crippen LogP contribution >= 0.6 is 35.0 Å². The van der Waals surface area contributed by atoms with Gasteiger partial charge in [0.15, 0.2) is 11.0 Å². The third-order valence-electron chi connectivity index (χ3n) is 6.55. The van der Waals surface area contributed by atoms with E-state index in [1.54, 1.807) is 18.2 Å². The van der Waals surface area contributed by atoms with E-state index >= 15 is 0 Å². The van der Waals surface area contributed by atoms with Gasteiger partial charge >= 0.3 is 0 Å². The van der Waals surface area contributed by atoms with E-state index in [1.807, 2.05) is 48.4 Å². The van der Waals surface area contributed by atoms with Crippen LogP contribution in [0, 0.1) is 5.92 Å². The Morgan fingerprint density at radius 3 is 2.37 bits per heavy atom. The van der Waals surface area contributed by atoms with Gasteiger partial charge in [-0.25, -0.2) is 0 Å². The lowest BCUT2D eigenvalue weighted by Crippen LogP contribution is -2.49. The Bertz CT molecular complexity index is 1260. The van der Waals surface area contributed by atoms with Crippen LogP contribution in [0.5, 0.6) is 0 Å². The predicted octanol–water partition coefficient (Wildman–Crippen LogP) is 5.17. The molecule has 1 aliphatic heterocycles. The molecule has 1 atom stereocenters. The summed E-state index contributed by atoms with van der Waals surface area (Å²) in [6, 6.07) is 14.7. The molecule has 38 heavy (non-hydrogen) atoms. The summed E-state index contributed by atoms with van der Waals surface area (Å²) in [5, 5.41) is 13.2. The first-order valence-electron chi connectivity index (χ1n) is 12.7. The molecular formula is C27H32Cl2N6O2S. The number of aromatic nitrogens is 3. The van der Waals surface area contributed by atoms with Gasteiger partial charge in [0, 0.05) is 43.4 Å². The molecule has 1 N–H and O–H groups in total. The van der Waals surface area contributed by atoms with Crippen LogP contribution in [0.3, 0.4) is 0 Å². The van der Waals surface area contributed by atoms with E-state index in [0.717, 1.165) is 13.1 Å². The number of nitrogens with zero attached hydrogens (tertiary/aromatic N) is 5. The van der Waals surface area contributed by atoms with Gasteiger partial charge in [0.2, 0.25) is 5.91 Å². The summed E-state index contributed by atoms with van der Waals surface area (Å²) in [7, 11) is 0. The third-order valence-corrected chi connectivity index (χ3v) is 8.05. The van der Waals surface area contributed by atoms with Gasteiger partial charge in [-0.05, 0) is 43.2 Å². The fraction of sp³-hybridized carbons (Fsp3) is 0.407. The number of rotatable bonds is 9. The summed E-state index contributed by atoms with van der Waals surface area (Å²) >= 11 is 13.6. The van der Waals surface area contributed by atoms with Crippen molar-refractivity contribution in [2.75, 3.05) is 36.8 Å². The van der Waals surface area contributed by atoms with E-state index < -0.39 is 6.04 Å². The topological polar surface area (TPSA) is 83.4 Å². The highest BCUT2D eigenvalue weighted by molar-refractivity contribution is 7.99. The van der Waals surface area contributed by atoms with Crippen molar-refractivity contribution in [1.29, 1.82) is 0 Å². The zero-order chi connectivity index (χ0) is 27.2. The number of carbonyl (C=O) groups is 2. The Morgan fingerprint density at radius 1 is 1.03 bits per heavy atom. The zero-order valence-corrected chi connectivity index (χ0v) is 24.1. The van der Waals surface area contributed by atoms with Crippen LogP contribution < -0.4 is 10.2 Å². The van der Waals surface area contributed by atoms with Gasteiger partial charge in [0.1, 0.15) is 0 Å². The highest BCUT2D eigenvalue weighted by Gasteiger charge is 2.28. The zero-order valence-electron chi connectivity index (χ0n) is 21.7. The standard InChI is InChI=1S/C27H32Cl2N6O2S/c1-4-35-25(24(18(2)3)30-26(37)21-11-10-19(28)16-22(21)29)31-32-27(35)38-17-23(36)34-14-12-33(13-15-34)20-8-6-5-7-9-20/h5-11,16,18,24H,4,12-15,17H2,1-3H3,(H,30,37). The summed E-state index contributed by atoms with van der Waals surface area (Å²) in [6.45, 7) is 9.62. The number of para-hydroxylation sites is 1. The second kappa shape index (κ2) is 12.9. The molecule has 3 aromatic rings. The van der Waals surface area contributed by atoms with Gasteiger partial charge in [-0.2, -0.15) is 0 Å². The molecule has 0 bridgehead atoms. The molecule has 0 spiro atoms. The van der Waals surface area contributed by atoms with E-state index in [9.17, 15) is 9.59 Å². The van der Waals surface area contributed by atoms with Gasteiger partial charge in [0.25, 0.3) is 5.91 Å². The molecule has 2 heterocycles. The monoisotopic (exact) mass is 574 g/mol. The van der Waals surface area contributed by atoms with Gasteiger partial charge in [-0.15, -0.1) is 10.2 Å². The van der Waals surface area contributed by atoms with Crippen molar-refractivity contribution in [2.45, 2.75) is 38.5 Å². The van der Waals surface area contributed by atoms with Crippen molar-refractivity contribution in [3.05, 3.63) is 70.0 Å². The van der Waals surface area contributed by atoms with Crippen molar-refractivity contribution in [2.24, 2.45) is 5.92 Å². The SMILES string of the molecule is CCn1c(SCC(=O)N2CCN(c3ccccc3)CC2)nnc1C(NC(=O)c1ccc(Cl)cc1Cl)C(C)C. The Labute approximate surface area is 237 Å². The first kappa shape index (κ1) is 28.3. The highest BCUT2D eigenvalue weighted by atomic mass is 35.5. The number of hydrogen-bond donors (Lipinski definition) is 1. The van der Waals surface area contributed by atoms with Crippen LogP contribution in [0.1, 0.15) is 43.0 Å². The average Bonchev–Trinajstić information content (AvgIpc) is 3.33. The molecule has 2 aromatic carbocycles. The number of piperazine rings is 1. The minimum Gasteiger partial charge on any atom is -0.368 e. The summed E-state index contributed by atoms with van der Waals surface area (Å²) in [5.74, 6) is 0.742. The lowest BCUT2D eigenvalue weighted by atomic mass is 10.0. The number of thioether (sulfide) groups is 1. The van der Waals surface area contributed by atoms with Crippen LogP contribution in [0.15, 0.2) is 53.7 Å². The molecule has 1 unspecified atom stereocenters. The van der Waals surface area contributed by atoms with E-state index in [0.29, 0.717) is 41.2 Å². The molecule has 1 saturated heterocycles. The largest absolute Gasteiger partial charge is 0.368 e. The second-order valence-electron chi connectivity index (χ2n) is 9.40. The van der Waals surface area contributed by atoms with Crippen LogP contribution in [-0.2, 0) is 11.3 Å². The summed E-state index contributed by atoms with van der Waals surface area (Å²) in [4.78, 5) is 30.2. The smallest absolute Gasteiger partial charge is 0.253 e. The molecule has 1 fully saturated rings. The number of halogens is 2. The Balaban J connectivity index is 1.39. The number of anilines is 1. The first-order chi connectivity index (χ1) is 18.3. The number of hydrogen-bond acceptors (Lipinski definition) is 6. The fourth-order valence-corrected chi connectivity index (χ4v) is 5.83. The lowest BCUT2D eigenvalue weighted by Gasteiger charge is -2.36. The van der Waals surface area contributed by atoms with Crippen molar-refractivity contribution in [3.63, 3.8) is 0 Å². The van der Waals surface area contributed by atoms with Crippen molar-refractivity contribution in [1.82, 2.24) is 25.0 Å². The van der Waals surface area contributed by atoms with Crippen LogP contribution in [-0.4, -0.2) is 63.4 Å². The van der Waals surface area contributed by atoms with E-state index in [1.165, 1.54) is 17.4 Å². The Hall–Kier alpha value is -2.75. The lowest BCUT2D eigenvalue weighted by molar-refractivity contribution is -0.128. The average molecular weight is 576 g/mol. The molecule has 0 radical (unpaired) electrons. The highest BCUT2D eigenvalue weighted by Crippen LogP contribution is 2.27. The van der Waals surface area contributed by atoms with Gasteiger partial charge in [0.05, 0.1) is 22.4 Å². The number of nitrogens with one attached hydrogen (secondary N) is 1. The van der Waals surface area contributed by atoms with Crippen LogP contribution in [0.25, 0.3) is 0 Å². The van der Waals surface area contributed by atoms with E-state index in [4.69, 9.17) is 23.2 Å². The van der Waals surface area contributed by atoms with Crippen molar-refractivity contribution >= 4 is 52.5 Å². The molecule has 2 amide bonds. The molecule has 0 aliphatic carbocycles. The van der Waals surface area contributed by atoms with Gasteiger partial charge in [-0.1, -0.05) is 67.0 Å². The normalized spacial score (nSPS) is 14.6. The molecule has 0 saturated carbocycles. The molecule has 1 aromatic heterocycles. The molecular weight excluding hydrogens is 543 g/mol. The first-order valence-corrected chi connectivity index (χ1v) is 14.4. The number of amides is 2. The maximum Gasteiger partial charge on any atom is 0.253 e. The number of carbonyl (C=O) groups excluding carboxylic acids is 2. The Morgan fingerprint density at radius 2 is 1.74 bits per heavy atom. The Kier molecular flexibility index (Phi) is 9.57. The fourth-order valence-electron chi connectivity index (χ4n) is 4.43. The van der Waals surface area contributed by atoms with E-state index in [-0.39, 0.29) is 28.5 Å². The molecule has 1 aliphatic rings. The second-order valence-corrected chi connectivity index (χ2v) is 11.2. The minimum atomic E-state index is -0.391. The molecule has 11 heteroatoms. The molecule has 8 nitrogen and oxygen atoms in total. The van der Waals surface area contributed by atoms with E-state index in [2.05, 4.69) is 32.5 Å². The quantitative estimate of drug-likeness (QED) is 0.355. The van der Waals surface area contributed by atoms with Crippen molar-refractivity contribution < 1.29 is 9.59 Å². The minimum absolute atomic E-state index is 0.0416. The maximum atomic E-state index is 13.0. The van der Waals surface area contributed by atoms with Crippen molar-refractivity contribution in [3.8, 4) is 0 Å². The van der Waals surface area contributed by atoms with Crippen LogP contribution in [0.2, 0.25) is 10.0 Å². The van der Waals surface area contributed by atoms with Gasteiger partial charge < -0.3 is 19.7 Å². The van der Waals surface area contributed by atoms with Gasteiger partial charge in [-0.3, -0.25) is 9.59 Å². The predicted molar refractivity (Wildman–Crippen MR) is 153 cm³/mol. The number of benzene rings is 2. The third kappa shape index (κ3) is 6.62. The molecule has 202 valence electrons. The maximum absolute atomic E-state index is 13.0. The van der Waals surface area contributed by atoms with Crippen LogP contribution in [0.4, 0.5) is 5.69 Å². The summed E-state index contributed by atoms with van der Waals surface area (Å²) in [6.07, 6.45) is 0. The summed E-state index contributed by atoms with van der Waals surface area (Å²) in [5.41, 5.74) is 1.53.